The van der Waals surface area contributed by atoms with Crippen LogP contribution >= 0.6 is 0 Å². The molecule has 5 rings (SSSR count). The molecule has 1 saturated carbocycles. The summed E-state index contributed by atoms with van der Waals surface area (Å²) in [4.78, 5) is 10.9. The molecule has 0 unspecified atom stereocenters. The van der Waals surface area contributed by atoms with Gasteiger partial charge in [-0.15, -0.1) is 0 Å². The van der Waals surface area contributed by atoms with Crippen molar-refractivity contribution in [3.8, 4) is 11.4 Å². The lowest BCUT2D eigenvalue weighted by molar-refractivity contribution is -0.141. The van der Waals surface area contributed by atoms with Crippen LogP contribution < -0.4 is 0 Å². The molecular weight excluding hydrogens is 439 g/mol. The molecule has 32 heavy (non-hydrogen) atoms. The second-order valence-corrected chi connectivity index (χ2v) is 11.0. The first-order valence-electron chi connectivity index (χ1n) is 11.3. The van der Waals surface area contributed by atoms with E-state index in [1.807, 2.05) is 11.6 Å². The highest BCUT2D eigenvalue weighted by molar-refractivity contribution is 7.86. The predicted octanol–water partition coefficient (Wildman–Crippen LogP) is 3.86. The molecule has 0 atom stereocenters. The third kappa shape index (κ3) is 4.11. The largest absolute Gasteiger partial charge is 0.433 e. The van der Waals surface area contributed by atoms with E-state index >= 15 is 0 Å². The number of aromatic nitrogens is 4. The van der Waals surface area contributed by atoms with Gasteiger partial charge < -0.3 is 0 Å². The molecular formula is C22H28F3N5OS. The first-order chi connectivity index (χ1) is 15.3. The van der Waals surface area contributed by atoms with Crippen molar-refractivity contribution in [3.05, 3.63) is 29.8 Å². The Morgan fingerprint density at radius 2 is 1.94 bits per heavy atom. The van der Waals surface area contributed by atoms with Crippen LogP contribution in [0.5, 0.6) is 0 Å². The number of aryl methyl sites for hydroxylation is 1. The zero-order valence-corrected chi connectivity index (χ0v) is 19.0. The summed E-state index contributed by atoms with van der Waals surface area (Å²) in [6.45, 7) is 4.87. The van der Waals surface area contributed by atoms with Crippen molar-refractivity contribution in [2.24, 2.45) is 5.41 Å². The van der Waals surface area contributed by atoms with Crippen LogP contribution in [0.15, 0.2) is 18.3 Å². The molecule has 2 aliphatic heterocycles. The minimum atomic E-state index is -4.46. The summed E-state index contributed by atoms with van der Waals surface area (Å²) in [6, 6.07) is 2.95. The highest BCUT2D eigenvalue weighted by Gasteiger charge is 2.49. The summed E-state index contributed by atoms with van der Waals surface area (Å²) >= 11 is 0. The molecule has 3 aliphatic rings. The van der Waals surface area contributed by atoms with Gasteiger partial charge in [-0.25, -0.2) is 9.67 Å². The number of halogens is 3. The number of likely N-dealkylation sites (tertiary alicyclic amines) is 1. The number of hydrogen-bond donors (Lipinski definition) is 0. The van der Waals surface area contributed by atoms with Gasteiger partial charge in [-0.3, -0.25) is 14.1 Å². The smallest absolute Gasteiger partial charge is 0.300 e. The lowest BCUT2D eigenvalue weighted by Crippen LogP contribution is -2.48. The third-order valence-electron chi connectivity index (χ3n) is 7.29. The fourth-order valence-corrected chi connectivity index (χ4v) is 7.31. The van der Waals surface area contributed by atoms with Crippen LogP contribution in [-0.2, 0) is 23.5 Å². The SMILES string of the molecule is CCn1nc(-c2ccc(C(F)(F)F)nc2)nc1C1CCC(N2CCC3(C2)CS(=O)C3)CC1. The van der Waals surface area contributed by atoms with E-state index < -0.39 is 22.7 Å². The molecule has 2 saturated heterocycles. The van der Waals surface area contributed by atoms with Gasteiger partial charge in [0.2, 0.25) is 0 Å². The maximum absolute atomic E-state index is 12.8. The molecule has 0 amide bonds. The number of nitrogens with zero attached hydrogens (tertiary/aromatic N) is 5. The zero-order chi connectivity index (χ0) is 22.5. The Morgan fingerprint density at radius 1 is 1.19 bits per heavy atom. The monoisotopic (exact) mass is 467 g/mol. The van der Waals surface area contributed by atoms with Crippen LogP contribution in [0.4, 0.5) is 13.2 Å². The van der Waals surface area contributed by atoms with Gasteiger partial charge in [-0.1, -0.05) is 0 Å². The standard InChI is InChI=1S/C22H28F3N5OS/c1-2-30-20(27-19(28-30)16-5-8-18(26-11-16)22(23,24)25)15-3-6-17(7-4-15)29-10-9-21(12-29)13-32(31)14-21/h5,8,11,15,17H,2-4,6-7,9-10,12-14H2,1H3. The Bertz CT molecular complexity index is 990. The van der Waals surface area contributed by atoms with Crippen molar-refractivity contribution in [3.63, 3.8) is 0 Å². The quantitative estimate of drug-likeness (QED) is 0.683. The second-order valence-electron chi connectivity index (χ2n) is 9.49. The van der Waals surface area contributed by atoms with Crippen molar-refractivity contribution in [2.45, 2.75) is 63.7 Å². The topological polar surface area (TPSA) is 63.9 Å². The maximum atomic E-state index is 12.8. The molecule has 0 radical (unpaired) electrons. The summed E-state index contributed by atoms with van der Waals surface area (Å²) < 4.78 is 51.9. The Hall–Kier alpha value is -1.81. The summed E-state index contributed by atoms with van der Waals surface area (Å²) in [5.41, 5.74) is -0.0961. The van der Waals surface area contributed by atoms with E-state index in [-0.39, 0.29) is 0 Å². The van der Waals surface area contributed by atoms with Gasteiger partial charge in [-0.05, 0) is 57.7 Å². The Kier molecular flexibility index (Phi) is 5.64. The van der Waals surface area contributed by atoms with Crippen LogP contribution in [0.25, 0.3) is 11.4 Å². The zero-order valence-electron chi connectivity index (χ0n) is 18.1. The van der Waals surface area contributed by atoms with Gasteiger partial charge in [0.1, 0.15) is 11.5 Å². The summed E-state index contributed by atoms with van der Waals surface area (Å²) in [6.07, 6.45) is 2.20. The van der Waals surface area contributed by atoms with Gasteiger partial charge in [0.25, 0.3) is 0 Å². The first-order valence-corrected chi connectivity index (χ1v) is 12.8. The van der Waals surface area contributed by atoms with E-state index in [9.17, 15) is 17.4 Å². The van der Waals surface area contributed by atoms with E-state index in [2.05, 4.69) is 15.0 Å². The van der Waals surface area contributed by atoms with Crippen molar-refractivity contribution in [1.82, 2.24) is 24.6 Å². The number of pyridine rings is 1. The van der Waals surface area contributed by atoms with E-state index in [0.717, 1.165) is 62.2 Å². The van der Waals surface area contributed by atoms with Gasteiger partial charge in [-0.2, -0.15) is 18.3 Å². The molecule has 174 valence electrons. The van der Waals surface area contributed by atoms with E-state index in [0.29, 0.717) is 35.3 Å². The van der Waals surface area contributed by atoms with Crippen LogP contribution in [0, 0.1) is 5.41 Å². The Labute approximate surface area is 188 Å². The minimum Gasteiger partial charge on any atom is -0.300 e. The molecule has 6 nitrogen and oxygen atoms in total. The summed E-state index contributed by atoms with van der Waals surface area (Å²) in [5.74, 6) is 3.42. The van der Waals surface area contributed by atoms with Gasteiger partial charge in [0.05, 0.1) is 0 Å². The lowest BCUT2D eigenvalue weighted by Gasteiger charge is -2.39. The van der Waals surface area contributed by atoms with Crippen molar-refractivity contribution in [1.29, 1.82) is 0 Å². The molecule has 2 aromatic rings. The van der Waals surface area contributed by atoms with Crippen molar-refractivity contribution < 1.29 is 17.4 Å². The van der Waals surface area contributed by atoms with Gasteiger partial charge >= 0.3 is 6.18 Å². The summed E-state index contributed by atoms with van der Waals surface area (Å²) in [7, 11) is -0.600. The van der Waals surface area contributed by atoms with Crippen LogP contribution in [0.3, 0.4) is 0 Å². The average molecular weight is 468 g/mol. The highest BCUT2D eigenvalue weighted by Crippen LogP contribution is 2.43. The van der Waals surface area contributed by atoms with E-state index in [1.54, 1.807) is 0 Å². The Morgan fingerprint density at radius 3 is 2.53 bits per heavy atom. The fraction of sp³-hybridized carbons (Fsp3) is 0.682. The molecule has 3 fully saturated rings. The first kappa shape index (κ1) is 22.0. The van der Waals surface area contributed by atoms with Gasteiger partial charge in [0, 0.05) is 64.5 Å². The number of alkyl halides is 3. The molecule has 0 bridgehead atoms. The van der Waals surface area contributed by atoms with Crippen molar-refractivity contribution in [2.75, 3.05) is 24.6 Å². The van der Waals surface area contributed by atoms with Gasteiger partial charge in [0.15, 0.2) is 5.82 Å². The molecule has 1 aliphatic carbocycles. The fourth-order valence-electron chi connectivity index (χ4n) is 5.56. The predicted molar refractivity (Wildman–Crippen MR) is 115 cm³/mol. The lowest BCUT2D eigenvalue weighted by atomic mass is 9.84. The van der Waals surface area contributed by atoms with Crippen LogP contribution in [0.1, 0.15) is 56.5 Å². The Balaban J connectivity index is 1.25. The third-order valence-corrected chi connectivity index (χ3v) is 9.16. The maximum Gasteiger partial charge on any atom is 0.433 e. The molecule has 1 spiro atoms. The van der Waals surface area contributed by atoms with Crippen molar-refractivity contribution >= 4 is 10.8 Å². The molecule has 10 heteroatoms. The molecule has 0 N–H and O–H groups in total. The number of hydrogen-bond acceptors (Lipinski definition) is 5. The van der Waals surface area contributed by atoms with Crippen LogP contribution in [-0.4, -0.2) is 59.5 Å². The summed E-state index contributed by atoms with van der Waals surface area (Å²) in [5, 5.41) is 4.55. The van der Waals surface area contributed by atoms with Crippen LogP contribution in [0.2, 0.25) is 0 Å². The minimum absolute atomic E-state index is 0.308. The molecule has 0 aromatic carbocycles. The molecule has 4 heterocycles. The van der Waals surface area contributed by atoms with E-state index in [1.165, 1.54) is 18.7 Å². The average Bonchev–Trinajstić information content (AvgIpc) is 3.38. The highest BCUT2D eigenvalue weighted by atomic mass is 32.2. The second kappa shape index (κ2) is 8.20. The number of rotatable bonds is 4. The van der Waals surface area contributed by atoms with E-state index in [4.69, 9.17) is 4.98 Å². The normalized spacial score (nSPS) is 31.2. The molecule has 2 aromatic heterocycles.